The average molecular weight is 217 g/mol. The molecule has 2 rings (SSSR count). The number of aromatic nitrogens is 2. The second-order valence-corrected chi connectivity index (χ2v) is 3.72. The maximum absolute atomic E-state index is 9.69. The standard InChI is InChI=1S/C12H15N3O/c1-9(13-2)10-7-14-15(8-10)11-5-3-4-6-12(11)16/h3-9,13,16H,1-2H3. The van der Waals surface area contributed by atoms with Crippen LogP contribution in [-0.2, 0) is 0 Å². The molecule has 0 radical (unpaired) electrons. The zero-order chi connectivity index (χ0) is 11.5. The second-order valence-electron chi connectivity index (χ2n) is 3.72. The lowest BCUT2D eigenvalue weighted by molar-refractivity contribution is 0.470. The summed E-state index contributed by atoms with van der Waals surface area (Å²) in [4.78, 5) is 0. The monoisotopic (exact) mass is 217 g/mol. The fourth-order valence-electron chi connectivity index (χ4n) is 1.52. The molecule has 0 bridgehead atoms. The van der Waals surface area contributed by atoms with Crippen LogP contribution in [0.1, 0.15) is 18.5 Å². The van der Waals surface area contributed by atoms with Crippen molar-refractivity contribution >= 4 is 0 Å². The van der Waals surface area contributed by atoms with Gasteiger partial charge in [0.05, 0.1) is 6.20 Å². The molecule has 2 aromatic rings. The summed E-state index contributed by atoms with van der Waals surface area (Å²) in [5.41, 5.74) is 1.78. The fourth-order valence-corrected chi connectivity index (χ4v) is 1.52. The van der Waals surface area contributed by atoms with E-state index >= 15 is 0 Å². The van der Waals surface area contributed by atoms with Crippen molar-refractivity contribution in [2.24, 2.45) is 0 Å². The summed E-state index contributed by atoms with van der Waals surface area (Å²) < 4.78 is 1.68. The summed E-state index contributed by atoms with van der Waals surface area (Å²) in [5.74, 6) is 0.231. The number of phenols is 1. The molecule has 1 heterocycles. The zero-order valence-electron chi connectivity index (χ0n) is 9.38. The van der Waals surface area contributed by atoms with E-state index in [0.29, 0.717) is 5.69 Å². The third-order valence-electron chi connectivity index (χ3n) is 2.66. The van der Waals surface area contributed by atoms with Crippen molar-refractivity contribution < 1.29 is 5.11 Å². The molecule has 4 nitrogen and oxygen atoms in total. The molecule has 1 aromatic heterocycles. The van der Waals surface area contributed by atoms with Crippen molar-refractivity contribution in [3.8, 4) is 11.4 Å². The van der Waals surface area contributed by atoms with Gasteiger partial charge in [-0.15, -0.1) is 0 Å². The van der Waals surface area contributed by atoms with Crippen LogP contribution in [0.2, 0.25) is 0 Å². The Morgan fingerprint density at radius 2 is 2.12 bits per heavy atom. The lowest BCUT2D eigenvalue weighted by Crippen LogP contribution is -2.11. The average Bonchev–Trinajstić information content (AvgIpc) is 2.78. The molecular weight excluding hydrogens is 202 g/mol. The van der Waals surface area contributed by atoms with Gasteiger partial charge in [0.15, 0.2) is 0 Å². The van der Waals surface area contributed by atoms with Crippen LogP contribution in [0.5, 0.6) is 5.75 Å². The molecule has 84 valence electrons. The van der Waals surface area contributed by atoms with Crippen molar-refractivity contribution in [2.75, 3.05) is 7.05 Å². The van der Waals surface area contributed by atoms with Crippen LogP contribution in [0.4, 0.5) is 0 Å². The molecule has 0 spiro atoms. The maximum atomic E-state index is 9.69. The van der Waals surface area contributed by atoms with Crippen LogP contribution in [0.15, 0.2) is 36.7 Å². The highest BCUT2D eigenvalue weighted by atomic mass is 16.3. The van der Waals surface area contributed by atoms with Crippen LogP contribution in [0, 0.1) is 0 Å². The van der Waals surface area contributed by atoms with Crippen molar-refractivity contribution in [3.05, 3.63) is 42.2 Å². The lowest BCUT2D eigenvalue weighted by atomic mass is 10.2. The molecule has 4 heteroatoms. The van der Waals surface area contributed by atoms with E-state index in [9.17, 15) is 5.11 Å². The van der Waals surface area contributed by atoms with E-state index < -0.39 is 0 Å². The lowest BCUT2D eigenvalue weighted by Gasteiger charge is -2.06. The molecule has 2 N–H and O–H groups in total. The summed E-state index contributed by atoms with van der Waals surface area (Å²) in [7, 11) is 1.90. The minimum absolute atomic E-state index is 0.231. The minimum atomic E-state index is 0.231. The largest absolute Gasteiger partial charge is 0.506 e. The van der Waals surface area contributed by atoms with Crippen molar-refractivity contribution in [2.45, 2.75) is 13.0 Å². The van der Waals surface area contributed by atoms with Gasteiger partial charge in [0, 0.05) is 17.8 Å². The summed E-state index contributed by atoms with van der Waals surface area (Å²) in [5, 5.41) is 17.1. The van der Waals surface area contributed by atoms with E-state index in [1.807, 2.05) is 25.4 Å². The van der Waals surface area contributed by atoms with E-state index in [1.54, 1.807) is 23.0 Å². The number of phenolic OH excluding ortho intramolecular Hbond substituents is 1. The van der Waals surface area contributed by atoms with E-state index in [2.05, 4.69) is 17.3 Å². The molecule has 0 fully saturated rings. The minimum Gasteiger partial charge on any atom is -0.506 e. The normalized spacial score (nSPS) is 12.6. The number of rotatable bonds is 3. The van der Waals surface area contributed by atoms with E-state index in [-0.39, 0.29) is 11.8 Å². The first-order valence-corrected chi connectivity index (χ1v) is 5.22. The first-order valence-electron chi connectivity index (χ1n) is 5.22. The number of benzene rings is 1. The fraction of sp³-hybridized carbons (Fsp3) is 0.250. The number of hydrogen-bond donors (Lipinski definition) is 2. The van der Waals surface area contributed by atoms with Crippen LogP contribution in [-0.4, -0.2) is 21.9 Å². The van der Waals surface area contributed by atoms with Crippen molar-refractivity contribution in [1.29, 1.82) is 0 Å². The number of nitrogens with one attached hydrogen (secondary N) is 1. The second kappa shape index (κ2) is 4.37. The van der Waals surface area contributed by atoms with Gasteiger partial charge in [-0.1, -0.05) is 12.1 Å². The molecule has 0 aliphatic heterocycles. The van der Waals surface area contributed by atoms with Gasteiger partial charge in [0.2, 0.25) is 0 Å². The first kappa shape index (κ1) is 10.7. The maximum Gasteiger partial charge on any atom is 0.141 e. The molecular formula is C12H15N3O. The van der Waals surface area contributed by atoms with Crippen LogP contribution in [0.3, 0.4) is 0 Å². The van der Waals surface area contributed by atoms with Gasteiger partial charge in [-0.3, -0.25) is 0 Å². The quantitative estimate of drug-likeness (QED) is 0.825. The Balaban J connectivity index is 2.35. The molecule has 0 amide bonds. The molecule has 1 atom stereocenters. The van der Waals surface area contributed by atoms with E-state index in [0.717, 1.165) is 5.56 Å². The number of para-hydroxylation sites is 2. The Labute approximate surface area is 94.5 Å². The van der Waals surface area contributed by atoms with E-state index in [4.69, 9.17) is 0 Å². The topological polar surface area (TPSA) is 50.1 Å². The first-order chi connectivity index (χ1) is 7.72. The molecule has 0 saturated carbocycles. The zero-order valence-corrected chi connectivity index (χ0v) is 9.38. The van der Waals surface area contributed by atoms with Crippen LogP contribution in [0.25, 0.3) is 5.69 Å². The molecule has 1 unspecified atom stereocenters. The van der Waals surface area contributed by atoms with Gasteiger partial charge < -0.3 is 10.4 Å². The summed E-state index contributed by atoms with van der Waals surface area (Å²) in [6, 6.07) is 7.39. The molecule has 0 aliphatic carbocycles. The molecule has 0 aliphatic rings. The SMILES string of the molecule is CNC(C)c1cnn(-c2ccccc2O)c1. The summed E-state index contributed by atoms with van der Waals surface area (Å²) in [6.07, 6.45) is 3.71. The third-order valence-corrected chi connectivity index (χ3v) is 2.66. The molecule has 16 heavy (non-hydrogen) atoms. The third kappa shape index (κ3) is 1.92. The van der Waals surface area contributed by atoms with Crippen LogP contribution >= 0.6 is 0 Å². The Bertz CT molecular complexity index is 479. The van der Waals surface area contributed by atoms with E-state index in [1.165, 1.54) is 0 Å². The van der Waals surface area contributed by atoms with Gasteiger partial charge in [0.1, 0.15) is 11.4 Å². The highest BCUT2D eigenvalue weighted by Crippen LogP contribution is 2.21. The Morgan fingerprint density at radius 1 is 1.38 bits per heavy atom. The highest BCUT2D eigenvalue weighted by molar-refractivity contribution is 5.44. The molecule has 1 aromatic carbocycles. The number of hydrogen-bond acceptors (Lipinski definition) is 3. The Morgan fingerprint density at radius 3 is 2.81 bits per heavy atom. The number of nitrogens with zero attached hydrogens (tertiary/aromatic N) is 2. The number of aromatic hydroxyl groups is 1. The van der Waals surface area contributed by atoms with Crippen LogP contribution < -0.4 is 5.32 Å². The summed E-state index contributed by atoms with van der Waals surface area (Å²) >= 11 is 0. The Kier molecular flexibility index (Phi) is 2.92. The highest BCUT2D eigenvalue weighted by Gasteiger charge is 2.08. The van der Waals surface area contributed by atoms with Gasteiger partial charge in [-0.25, -0.2) is 4.68 Å². The van der Waals surface area contributed by atoms with Gasteiger partial charge in [0.25, 0.3) is 0 Å². The van der Waals surface area contributed by atoms with Gasteiger partial charge in [-0.2, -0.15) is 5.10 Å². The van der Waals surface area contributed by atoms with Crippen molar-refractivity contribution in [3.63, 3.8) is 0 Å². The predicted octanol–water partition coefficient (Wildman–Crippen LogP) is 1.86. The Hall–Kier alpha value is -1.81. The predicted molar refractivity (Wildman–Crippen MR) is 62.7 cm³/mol. The van der Waals surface area contributed by atoms with Gasteiger partial charge >= 0.3 is 0 Å². The van der Waals surface area contributed by atoms with Gasteiger partial charge in [-0.05, 0) is 26.1 Å². The smallest absolute Gasteiger partial charge is 0.141 e. The molecule has 0 saturated heterocycles. The van der Waals surface area contributed by atoms with Crippen molar-refractivity contribution in [1.82, 2.24) is 15.1 Å². The summed E-state index contributed by atoms with van der Waals surface area (Å²) in [6.45, 7) is 2.06.